The van der Waals surface area contributed by atoms with Crippen molar-refractivity contribution in [3.05, 3.63) is 71.8 Å². The number of aryl methyl sites for hydroxylation is 1. The first kappa shape index (κ1) is 14.3. The Kier molecular flexibility index (Phi) is 3.42. The maximum absolute atomic E-state index is 12.3. The van der Waals surface area contributed by atoms with Crippen LogP contribution in [0.2, 0.25) is 0 Å². The fourth-order valence-electron chi connectivity index (χ4n) is 2.69. The summed E-state index contributed by atoms with van der Waals surface area (Å²) in [6.45, 7) is 2.13. The summed E-state index contributed by atoms with van der Waals surface area (Å²) in [6.07, 6.45) is 3.21. The fraction of sp³-hybridized carbons (Fsp3) is 0.111. The predicted octanol–water partition coefficient (Wildman–Crippen LogP) is 2.94. The average molecular weight is 318 g/mol. The van der Waals surface area contributed by atoms with Crippen LogP contribution in [0.25, 0.3) is 16.6 Å². The smallest absolute Gasteiger partial charge is 0.339 e. The number of ether oxygens (including phenoxy) is 1. The molecule has 0 aliphatic heterocycles. The van der Waals surface area contributed by atoms with Crippen LogP contribution in [0, 0.1) is 6.92 Å². The highest BCUT2D eigenvalue weighted by molar-refractivity contribution is 5.89. The Morgan fingerprint density at radius 3 is 3.00 bits per heavy atom. The van der Waals surface area contributed by atoms with E-state index < -0.39 is 0 Å². The van der Waals surface area contributed by atoms with Gasteiger partial charge < -0.3 is 4.74 Å². The molecular weight excluding hydrogens is 304 g/mol. The van der Waals surface area contributed by atoms with Gasteiger partial charge in [-0.3, -0.25) is 9.38 Å². The monoisotopic (exact) mass is 318 g/mol. The normalized spacial score (nSPS) is 11.0. The lowest BCUT2D eigenvalue weighted by atomic mass is 10.1. The largest absolute Gasteiger partial charge is 0.457 e. The standard InChI is InChI=1S/C18H14N4O2/c1-12-8-14(15-4-2-3-5-16(15)20-12)10-24-18(23)13-6-7-17-21-19-11-22(17)9-13/h2-9,11H,10H2,1H3. The van der Waals surface area contributed by atoms with Crippen molar-refractivity contribution in [2.45, 2.75) is 13.5 Å². The molecule has 3 heterocycles. The van der Waals surface area contributed by atoms with Gasteiger partial charge in [0.15, 0.2) is 5.65 Å². The van der Waals surface area contributed by atoms with E-state index in [9.17, 15) is 4.79 Å². The Bertz CT molecular complexity index is 1060. The molecule has 0 saturated carbocycles. The number of esters is 1. The van der Waals surface area contributed by atoms with Crippen molar-refractivity contribution in [3.8, 4) is 0 Å². The molecule has 1 aromatic carbocycles. The first-order chi connectivity index (χ1) is 11.7. The van der Waals surface area contributed by atoms with Crippen LogP contribution in [0.4, 0.5) is 0 Å². The molecule has 4 aromatic rings. The van der Waals surface area contributed by atoms with Crippen molar-refractivity contribution in [2.75, 3.05) is 0 Å². The second-order valence-electron chi connectivity index (χ2n) is 5.53. The number of rotatable bonds is 3. The quantitative estimate of drug-likeness (QED) is 0.543. The summed E-state index contributed by atoms with van der Waals surface area (Å²) in [5.74, 6) is -0.385. The summed E-state index contributed by atoms with van der Waals surface area (Å²) in [7, 11) is 0. The zero-order chi connectivity index (χ0) is 16.5. The molecule has 0 unspecified atom stereocenters. The van der Waals surface area contributed by atoms with E-state index in [-0.39, 0.29) is 12.6 Å². The van der Waals surface area contributed by atoms with Crippen LogP contribution in [-0.4, -0.2) is 25.6 Å². The van der Waals surface area contributed by atoms with Gasteiger partial charge in [0.05, 0.1) is 11.1 Å². The zero-order valence-electron chi connectivity index (χ0n) is 13.0. The van der Waals surface area contributed by atoms with E-state index in [0.717, 1.165) is 22.2 Å². The fourth-order valence-corrected chi connectivity index (χ4v) is 2.69. The summed E-state index contributed by atoms with van der Waals surface area (Å²) in [4.78, 5) is 16.8. The van der Waals surface area contributed by atoms with E-state index in [1.54, 1.807) is 29.1 Å². The third-order valence-electron chi connectivity index (χ3n) is 3.82. The summed E-state index contributed by atoms with van der Waals surface area (Å²) < 4.78 is 7.16. The van der Waals surface area contributed by atoms with Crippen LogP contribution in [0.1, 0.15) is 21.6 Å². The summed E-state index contributed by atoms with van der Waals surface area (Å²) in [5.41, 5.74) is 3.87. The van der Waals surface area contributed by atoms with Crippen molar-refractivity contribution in [2.24, 2.45) is 0 Å². The number of fused-ring (bicyclic) bond motifs is 2. The lowest BCUT2D eigenvalue weighted by Gasteiger charge is -2.09. The molecule has 0 N–H and O–H groups in total. The minimum Gasteiger partial charge on any atom is -0.457 e. The first-order valence-corrected chi connectivity index (χ1v) is 7.52. The van der Waals surface area contributed by atoms with Crippen LogP contribution in [0.3, 0.4) is 0 Å². The maximum atomic E-state index is 12.3. The summed E-state index contributed by atoms with van der Waals surface area (Å²) >= 11 is 0. The van der Waals surface area contributed by atoms with Gasteiger partial charge in [0.25, 0.3) is 0 Å². The van der Waals surface area contributed by atoms with E-state index in [1.165, 1.54) is 0 Å². The van der Waals surface area contributed by atoms with Crippen LogP contribution >= 0.6 is 0 Å². The van der Waals surface area contributed by atoms with Gasteiger partial charge in [0.2, 0.25) is 0 Å². The number of carbonyl (C=O) groups is 1. The number of benzene rings is 1. The third-order valence-corrected chi connectivity index (χ3v) is 3.82. The van der Waals surface area contributed by atoms with E-state index >= 15 is 0 Å². The van der Waals surface area contributed by atoms with Crippen molar-refractivity contribution >= 4 is 22.5 Å². The number of aromatic nitrogens is 4. The number of carbonyl (C=O) groups excluding carboxylic acids is 1. The number of hydrogen-bond donors (Lipinski definition) is 0. The topological polar surface area (TPSA) is 69.4 Å². The van der Waals surface area contributed by atoms with Crippen LogP contribution in [-0.2, 0) is 11.3 Å². The second-order valence-corrected chi connectivity index (χ2v) is 5.53. The predicted molar refractivity (Wildman–Crippen MR) is 88.6 cm³/mol. The molecule has 0 spiro atoms. The molecule has 0 saturated heterocycles. The van der Waals surface area contributed by atoms with Crippen molar-refractivity contribution in [1.82, 2.24) is 19.6 Å². The van der Waals surface area contributed by atoms with Crippen LogP contribution in [0.5, 0.6) is 0 Å². The molecule has 3 aromatic heterocycles. The minimum atomic E-state index is -0.385. The highest BCUT2D eigenvalue weighted by Gasteiger charge is 2.11. The second kappa shape index (κ2) is 5.73. The van der Waals surface area contributed by atoms with Gasteiger partial charge in [-0.15, -0.1) is 10.2 Å². The number of nitrogens with zero attached hydrogens (tertiary/aromatic N) is 4. The zero-order valence-corrected chi connectivity index (χ0v) is 13.0. The Labute approximate surface area is 137 Å². The lowest BCUT2D eigenvalue weighted by molar-refractivity contribution is 0.0473. The van der Waals surface area contributed by atoms with E-state index in [4.69, 9.17) is 4.74 Å². The molecule has 0 radical (unpaired) electrons. The molecule has 0 atom stereocenters. The number of para-hydroxylation sites is 1. The van der Waals surface area contributed by atoms with Gasteiger partial charge in [-0.2, -0.15) is 0 Å². The SMILES string of the molecule is Cc1cc(COC(=O)c2ccc3nncn3c2)c2ccccc2n1. The van der Waals surface area contributed by atoms with Gasteiger partial charge in [0, 0.05) is 22.8 Å². The van der Waals surface area contributed by atoms with E-state index in [0.29, 0.717) is 11.2 Å². The molecule has 0 aliphatic rings. The van der Waals surface area contributed by atoms with Crippen molar-refractivity contribution in [1.29, 1.82) is 0 Å². The van der Waals surface area contributed by atoms with Gasteiger partial charge in [-0.05, 0) is 31.2 Å². The molecule has 0 aliphatic carbocycles. The maximum Gasteiger partial charge on any atom is 0.339 e. The first-order valence-electron chi connectivity index (χ1n) is 7.52. The molecule has 0 fully saturated rings. The van der Waals surface area contributed by atoms with Crippen LogP contribution < -0.4 is 0 Å². The summed E-state index contributed by atoms with van der Waals surface area (Å²) in [6, 6.07) is 13.2. The highest BCUT2D eigenvalue weighted by atomic mass is 16.5. The van der Waals surface area contributed by atoms with Crippen molar-refractivity contribution in [3.63, 3.8) is 0 Å². The molecule has 6 nitrogen and oxygen atoms in total. The van der Waals surface area contributed by atoms with E-state index in [2.05, 4.69) is 15.2 Å². The van der Waals surface area contributed by atoms with Crippen LogP contribution in [0.15, 0.2) is 55.0 Å². The van der Waals surface area contributed by atoms with Gasteiger partial charge in [-0.1, -0.05) is 18.2 Å². The highest BCUT2D eigenvalue weighted by Crippen LogP contribution is 2.19. The molecule has 0 amide bonds. The lowest BCUT2D eigenvalue weighted by Crippen LogP contribution is -2.07. The number of hydrogen-bond acceptors (Lipinski definition) is 5. The van der Waals surface area contributed by atoms with Gasteiger partial charge in [0.1, 0.15) is 12.9 Å². The summed E-state index contributed by atoms with van der Waals surface area (Å²) in [5, 5.41) is 8.69. The molecule has 118 valence electrons. The minimum absolute atomic E-state index is 0.197. The molecular formula is C18H14N4O2. The molecule has 6 heteroatoms. The van der Waals surface area contributed by atoms with E-state index in [1.807, 2.05) is 37.3 Å². The molecule has 0 bridgehead atoms. The Balaban J connectivity index is 1.59. The number of pyridine rings is 2. The average Bonchev–Trinajstić information content (AvgIpc) is 3.06. The Hall–Kier alpha value is -3.28. The van der Waals surface area contributed by atoms with Crippen molar-refractivity contribution < 1.29 is 9.53 Å². The molecule has 4 rings (SSSR count). The van der Waals surface area contributed by atoms with Gasteiger partial charge in [-0.25, -0.2) is 4.79 Å². The Morgan fingerprint density at radius 2 is 2.08 bits per heavy atom. The van der Waals surface area contributed by atoms with Gasteiger partial charge >= 0.3 is 5.97 Å². The third kappa shape index (κ3) is 2.58. The Morgan fingerprint density at radius 1 is 1.21 bits per heavy atom. The molecule has 24 heavy (non-hydrogen) atoms.